The van der Waals surface area contributed by atoms with Crippen molar-refractivity contribution >= 4 is 34.2 Å². The lowest BCUT2D eigenvalue weighted by atomic mass is 10.1. The lowest BCUT2D eigenvalue weighted by Crippen LogP contribution is -2.28. The third kappa shape index (κ3) is 7.45. The highest BCUT2D eigenvalue weighted by atomic mass is 32.1. The minimum Gasteiger partial charge on any atom is -0.356 e. The molecule has 0 fully saturated rings. The highest BCUT2D eigenvalue weighted by molar-refractivity contribution is 7.14. The quantitative estimate of drug-likeness (QED) is 0.378. The smallest absolute Gasteiger partial charge is 0.254 e. The highest BCUT2D eigenvalue weighted by Crippen LogP contribution is 2.25. The largest absolute Gasteiger partial charge is 0.356 e. The second-order valence-corrected chi connectivity index (χ2v) is 8.36. The highest BCUT2D eigenvalue weighted by Gasteiger charge is 2.13. The van der Waals surface area contributed by atoms with Crippen molar-refractivity contribution in [3.05, 3.63) is 70.6 Å². The van der Waals surface area contributed by atoms with Crippen LogP contribution < -0.4 is 16.0 Å². The van der Waals surface area contributed by atoms with Gasteiger partial charge in [0.2, 0.25) is 11.8 Å². The van der Waals surface area contributed by atoms with Gasteiger partial charge in [0.1, 0.15) is 11.6 Å². The molecular weight excluding hydrogens is 462 g/mol. The molecular formula is C24H24F2N4O3S. The second-order valence-electron chi connectivity index (χ2n) is 7.50. The number of nitrogens with zero attached hydrogens (tertiary/aromatic N) is 1. The molecule has 0 aliphatic carbocycles. The summed E-state index contributed by atoms with van der Waals surface area (Å²) in [5, 5.41) is 10.1. The Kier molecular flexibility index (Phi) is 8.80. The maximum atomic E-state index is 13.6. The van der Waals surface area contributed by atoms with Crippen molar-refractivity contribution in [1.29, 1.82) is 0 Å². The number of hydrogen-bond donors (Lipinski definition) is 3. The van der Waals surface area contributed by atoms with Gasteiger partial charge in [0.25, 0.3) is 5.91 Å². The maximum Gasteiger partial charge on any atom is 0.254 e. The number of thiazole rings is 1. The zero-order valence-corrected chi connectivity index (χ0v) is 19.3. The van der Waals surface area contributed by atoms with Crippen molar-refractivity contribution in [2.24, 2.45) is 0 Å². The van der Waals surface area contributed by atoms with E-state index in [4.69, 9.17) is 0 Å². The van der Waals surface area contributed by atoms with Gasteiger partial charge in [-0.1, -0.05) is 24.3 Å². The van der Waals surface area contributed by atoms with Crippen LogP contribution in [0, 0.1) is 11.6 Å². The second kappa shape index (κ2) is 12.0. The van der Waals surface area contributed by atoms with Crippen LogP contribution in [0.15, 0.2) is 47.8 Å². The summed E-state index contributed by atoms with van der Waals surface area (Å²) in [6.07, 6.45) is 1.67. The zero-order chi connectivity index (χ0) is 24.5. The van der Waals surface area contributed by atoms with Gasteiger partial charge in [0.15, 0.2) is 5.13 Å². The molecule has 2 aromatic carbocycles. The molecule has 0 aliphatic heterocycles. The van der Waals surface area contributed by atoms with Gasteiger partial charge in [-0.3, -0.25) is 14.4 Å². The Bertz CT molecular complexity index is 1170. The summed E-state index contributed by atoms with van der Waals surface area (Å²) in [6.45, 7) is 2.12. The van der Waals surface area contributed by atoms with Gasteiger partial charge in [-0.05, 0) is 30.5 Å². The molecule has 3 rings (SSSR count). The molecule has 0 radical (unpaired) electrons. The Balaban J connectivity index is 1.44. The molecule has 3 aromatic rings. The lowest BCUT2D eigenvalue weighted by Gasteiger charge is -2.06. The molecule has 34 heavy (non-hydrogen) atoms. The number of anilines is 1. The number of aryl methyl sites for hydroxylation is 1. The minimum absolute atomic E-state index is 0.0108. The van der Waals surface area contributed by atoms with Gasteiger partial charge in [0, 0.05) is 43.4 Å². The molecule has 1 aromatic heterocycles. The van der Waals surface area contributed by atoms with Crippen LogP contribution in [0.3, 0.4) is 0 Å². The number of benzene rings is 2. The van der Waals surface area contributed by atoms with E-state index >= 15 is 0 Å². The molecule has 178 valence electrons. The monoisotopic (exact) mass is 486 g/mol. The standard InChI is InChI=1S/C24H24F2N4O3S/c1-15(31)27-11-2-3-16-4-6-17(7-5-16)21-14-34-24(29-21)30-22(32)10-12-28-23(33)19-9-8-18(25)13-20(19)26/h4-9,13-14H,2-3,10-12H2,1H3,(H,27,31)(H,28,33)(H,29,30,32). The van der Waals surface area contributed by atoms with Gasteiger partial charge in [-0.2, -0.15) is 0 Å². The van der Waals surface area contributed by atoms with E-state index in [0.717, 1.165) is 41.8 Å². The lowest BCUT2D eigenvalue weighted by molar-refractivity contribution is -0.119. The van der Waals surface area contributed by atoms with E-state index in [-0.39, 0.29) is 30.3 Å². The summed E-state index contributed by atoms with van der Waals surface area (Å²) >= 11 is 1.28. The average molecular weight is 487 g/mol. The van der Waals surface area contributed by atoms with E-state index < -0.39 is 17.5 Å². The van der Waals surface area contributed by atoms with Crippen molar-refractivity contribution < 1.29 is 23.2 Å². The van der Waals surface area contributed by atoms with E-state index in [1.165, 1.54) is 18.3 Å². The van der Waals surface area contributed by atoms with E-state index in [0.29, 0.717) is 17.7 Å². The Hall–Kier alpha value is -3.66. The summed E-state index contributed by atoms with van der Waals surface area (Å²) in [5.74, 6) is -2.84. The van der Waals surface area contributed by atoms with Gasteiger partial charge in [-0.15, -0.1) is 11.3 Å². The molecule has 0 saturated carbocycles. The summed E-state index contributed by atoms with van der Waals surface area (Å²) in [4.78, 5) is 39.4. The predicted octanol–water partition coefficient (Wildman–Crippen LogP) is 3.92. The zero-order valence-electron chi connectivity index (χ0n) is 18.5. The topological polar surface area (TPSA) is 100 Å². The van der Waals surface area contributed by atoms with E-state index in [1.807, 2.05) is 29.6 Å². The third-order valence-corrected chi connectivity index (χ3v) is 5.59. The van der Waals surface area contributed by atoms with Crippen molar-refractivity contribution in [3.63, 3.8) is 0 Å². The Labute approximate surface area is 199 Å². The number of carbonyl (C=O) groups excluding carboxylic acids is 3. The normalized spacial score (nSPS) is 10.6. The number of rotatable bonds is 10. The fourth-order valence-electron chi connectivity index (χ4n) is 3.10. The number of amides is 3. The molecule has 7 nitrogen and oxygen atoms in total. The van der Waals surface area contributed by atoms with Crippen LogP contribution >= 0.6 is 11.3 Å². The van der Waals surface area contributed by atoms with Gasteiger partial charge < -0.3 is 16.0 Å². The number of halogens is 2. The van der Waals surface area contributed by atoms with E-state index in [1.54, 1.807) is 0 Å². The van der Waals surface area contributed by atoms with Crippen molar-refractivity contribution in [1.82, 2.24) is 15.6 Å². The summed E-state index contributed by atoms with van der Waals surface area (Å²) in [5.41, 5.74) is 2.51. The van der Waals surface area contributed by atoms with Gasteiger partial charge in [-0.25, -0.2) is 13.8 Å². The molecule has 3 N–H and O–H groups in total. The van der Waals surface area contributed by atoms with Crippen LogP contribution in [0.25, 0.3) is 11.3 Å². The molecule has 1 heterocycles. The Morgan fingerprint density at radius 2 is 1.76 bits per heavy atom. The van der Waals surface area contributed by atoms with Crippen LogP contribution in [0.4, 0.5) is 13.9 Å². The first-order valence-corrected chi connectivity index (χ1v) is 11.5. The maximum absolute atomic E-state index is 13.6. The minimum atomic E-state index is -0.963. The van der Waals surface area contributed by atoms with Crippen LogP contribution in [-0.2, 0) is 16.0 Å². The number of nitrogens with one attached hydrogen (secondary N) is 3. The van der Waals surface area contributed by atoms with Gasteiger partial charge >= 0.3 is 0 Å². The molecule has 0 spiro atoms. The third-order valence-electron chi connectivity index (χ3n) is 4.83. The molecule has 0 unspecified atom stereocenters. The fraction of sp³-hybridized carbons (Fsp3) is 0.250. The predicted molar refractivity (Wildman–Crippen MR) is 126 cm³/mol. The number of hydrogen-bond acceptors (Lipinski definition) is 5. The van der Waals surface area contributed by atoms with Crippen LogP contribution in [0.5, 0.6) is 0 Å². The van der Waals surface area contributed by atoms with Crippen LogP contribution in [0.2, 0.25) is 0 Å². The van der Waals surface area contributed by atoms with Crippen molar-refractivity contribution in [2.45, 2.75) is 26.2 Å². The summed E-state index contributed by atoms with van der Waals surface area (Å²) in [7, 11) is 0. The molecule has 0 saturated heterocycles. The molecule has 0 aliphatic rings. The van der Waals surface area contributed by atoms with Gasteiger partial charge in [0.05, 0.1) is 11.3 Å². The van der Waals surface area contributed by atoms with Crippen LogP contribution in [-0.4, -0.2) is 35.8 Å². The first-order valence-electron chi connectivity index (χ1n) is 10.6. The van der Waals surface area contributed by atoms with E-state index in [2.05, 4.69) is 20.9 Å². The number of aromatic nitrogens is 1. The Morgan fingerprint density at radius 3 is 2.47 bits per heavy atom. The molecule has 0 bridgehead atoms. The average Bonchev–Trinajstić information content (AvgIpc) is 3.25. The molecule has 0 atom stereocenters. The summed E-state index contributed by atoms with van der Waals surface area (Å²) < 4.78 is 26.6. The molecule has 3 amide bonds. The van der Waals surface area contributed by atoms with Crippen molar-refractivity contribution in [2.75, 3.05) is 18.4 Å². The number of carbonyl (C=O) groups is 3. The van der Waals surface area contributed by atoms with Crippen molar-refractivity contribution in [3.8, 4) is 11.3 Å². The fourth-order valence-corrected chi connectivity index (χ4v) is 3.84. The first kappa shape index (κ1) is 25.0. The first-order chi connectivity index (χ1) is 16.3. The van der Waals surface area contributed by atoms with E-state index in [9.17, 15) is 23.2 Å². The molecule has 10 heteroatoms. The summed E-state index contributed by atoms with van der Waals surface area (Å²) in [6, 6.07) is 10.6. The SMILES string of the molecule is CC(=O)NCCCc1ccc(-c2csc(NC(=O)CCNC(=O)c3ccc(F)cc3F)n2)cc1. The van der Waals surface area contributed by atoms with Crippen LogP contribution in [0.1, 0.15) is 35.7 Å². The Morgan fingerprint density at radius 1 is 1.00 bits per heavy atom.